The molecule has 1 aliphatic heterocycles. The van der Waals surface area contributed by atoms with Crippen molar-refractivity contribution in [1.29, 1.82) is 0 Å². The van der Waals surface area contributed by atoms with Gasteiger partial charge in [-0.05, 0) is 19.5 Å². The largest absolute Gasteiger partial charge is 0.299 e. The van der Waals surface area contributed by atoms with E-state index in [1.54, 1.807) is 0 Å². The Bertz CT molecular complexity index is 237. The summed E-state index contributed by atoms with van der Waals surface area (Å²) in [5.74, 6) is 0. The second-order valence-electron chi connectivity index (χ2n) is 3.15. The van der Waals surface area contributed by atoms with E-state index < -0.39 is 0 Å². The Morgan fingerprint density at radius 1 is 1.55 bits per heavy atom. The van der Waals surface area contributed by atoms with Crippen molar-refractivity contribution in [1.82, 2.24) is 14.7 Å². The van der Waals surface area contributed by atoms with Gasteiger partial charge in [0.1, 0.15) is 0 Å². The number of hydrogen-bond donors (Lipinski definition) is 0. The second-order valence-corrected chi connectivity index (χ2v) is 3.15. The van der Waals surface area contributed by atoms with Crippen LogP contribution in [0.1, 0.15) is 12.0 Å². The molecule has 0 aromatic carbocycles. The first kappa shape index (κ1) is 6.85. The molecule has 2 heterocycles. The topological polar surface area (TPSA) is 21.1 Å². The summed E-state index contributed by atoms with van der Waals surface area (Å²) in [5.41, 5.74) is 1.33. The van der Waals surface area contributed by atoms with E-state index in [4.69, 9.17) is 0 Å². The van der Waals surface area contributed by atoms with Crippen LogP contribution in [0, 0.1) is 0 Å². The highest BCUT2D eigenvalue weighted by Crippen LogP contribution is 2.10. The third-order valence-electron chi connectivity index (χ3n) is 2.11. The van der Waals surface area contributed by atoms with E-state index >= 15 is 0 Å². The average Bonchev–Trinajstić information content (AvgIpc) is 2.27. The monoisotopic (exact) mass is 151 g/mol. The van der Waals surface area contributed by atoms with Gasteiger partial charge in [0.2, 0.25) is 0 Å². The van der Waals surface area contributed by atoms with Crippen molar-refractivity contribution in [2.24, 2.45) is 7.05 Å². The zero-order chi connectivity index (χ0) is 7.68. The van der Waals surface area contributed by atoms with E-state index in [1.807, 2.05) is 17.9 Å². The van der Waals surface area contributed by atoms with E-state index in [1.165, 1.54) is 25.1 Å². The van der Waals surface area contributed by atoms with E-state index in [0.717, 1.165) is 6.54 Å². The van der Waals surface area contributed by atoms with Crippen molar-refractivity contribution < 1.29 is 0 Å². The molecule has 0 radical (unpaired) electrons. The predicted octanol–water partition coefficient (Wildman–Crippen LogP) is 0.626. The summed E-state index contributed by atoms with van der Waals surface area (Å²) in [6.45, 7) is 3.59. The third kappa shape index (κ3) is 1.43. The van der Waals surface area contributed by atoms with Gasteiger partial charge in [0.25, 0.3) is 0 Å². The minimum atomic E-state index is 1.08. The quantitative estimate of drug-likeness (QED) is 0.618. The number of rotatable bonds is 2. The zero-order valence-corrected chi connectivity index (χ0v) is 6.82. The lowest BCUT2D eigenvalue weighted by Gasteiger charge is -2.29. The Morgan fingerprint density at radius 3 is 2.82 bits per heavy atom. The molecule has 1 saturated heterocycles. The lowest BCUT2D eigenvalue weighted by Crippen LogP contribution is -2.36. The van der Waals surface area contributed by atoms with Crippen LogP contribution in [-0.4, -0.2) is 27.8 Å². The van der Waals surface area contributed by atoms with Gasteiger partial charge in [-0.3, -0.25) is 9.58 Å². The van der Waals surface area contributed by atoms with E-state index in [2.05, 4.69) is 16.2 Å². The first-order chi connectivity index (χ1) is 5.34. The fraction of sp³-hybridized carbons (Fsp3) is 0.625. The molecule has 1 fully saturated rings. The fourth-order valence-corrected chi connectivity index (χ4v) is 1.35. The maximum absolute atomic E-state index is 4.12. The molecule has 0 unspecified atom stereocenters. The van der Waals surface area contributed by atoms with E-state index in [0.29, 0.717) is 0 Å². The first-order valence-electron chi connectivity index (χ1n) is 4.04. The highest BCUT2D eigenvalue weighted by molar-refractivity contribution is 5.03. The number of likely N-dealkylation sites (tertiary alicyclic amines) is 1. The Balaban J connectivity index is 1.95. The van der Waals surface area contributed by atoms with Crippen LogP contribution in [0.5, 0.6) is 0 Å². The van der Waals surface area contributed by atoms with Gasteiger partial charge in [-0.1, -0.05) is 0 Å². The summed E-state index contributed by atoms with van der Waals surface area (Å²) in [5, 5.41) is 4.12. The SMILES string of the molecule is Cn1cc(CN2CCC2)cn1. The molecule has 60 valence electrons. The van der Waals surface area contributed by atoms with Crippen LogP contribution in [0.3, 0.4) is 0 Å². The van der Waals surface area contributed by atoms with Gasteiger partial charge in [0, 0.05) is 25.4 Å². The van der Waals surface area contributed by atoms with Crippen LogP contribution in [0.15, 0.2) is 12.4 Å². The molecule has 1 aliphatic rings. The molecule has 0 atom stereocenters. The van der Waals surface area contributed by atoms with Crippen LogP contribution in [0.2, 0.25) is 0 Å². The summed E-state index contributed by atoms with van der Waals surface area (Å²) in [4.78, 5) is 2.43. The molecule has 3 heteroatoms. The van der Waals surface area contributed by atoms with Gasteiger partial charge in [-0.2, -0.15) is 5.10 Å². The summed E-state index contributed by atoms with van der Waals surface area (Å²) < 4.78 is 1.86. The fourth-order valence-electron chi connectivity index (χ4n) is 1.35. The van der Waals surface area contributed by atoms with Crippen LogP contribution in [0.4, 0.5) is 0 Å². The highest BCUT2D eigenvalue weighted by Gasteiger charge is 2.13. The molecule has 1 aromatic heterocycles. The number of aryl methyl sites for hydroxylation is 1. The molecular formula is C8H13N3. The number of aromatic nitrogens is 2. The molecule has 3 nitrogen and oxygen atoms in total. The van der Waals surface area contributed by atoms with Gasteiger partial charge >= 0.3 is 0 Å². The van der Waals surface area contributed by atoms with Crippen LogP contribution in [0.25, 0.3) is 0 Å². The molecule has 0 spiro atoms. The second kappa shape index (κ2) is 2.66. The third-order valence-corrected chi connectivity index (χ3v) is 2.11. The highest BCUT2D eigenvalue weighted by atomic mass is 15.2. The molecule has 0 aliphatic carbocycles. The lowest BCUT2D eigenvalue weighted by atomic mass is 10.2. The molecule has 2 rings (SSSR count). The Kier molecular flexibility index (Phi) is 1.66. The summed E-state index contributed by atoms with van der Waals surface area (Å²) >= 11 is 0. The summed E-state index contributed by atoms with van der Waals surface area (Å²) in [6.07, 6.45) is 5.39. The van der Waals surface area contributed by atoms with Gasteiger partial charge < -0.3 is 0 Å². The van der Waals surface area contributed by atoms with Crippen LogP contribution < -0.4 is 0 Å². The van der Waals surface area contributed by atoms with Crippen molar-refractivity contribution in [2.75, 3.05) is 13.1 Å². The van der Waals surface area contributed by atoms with Crippen molar-refractivity contribution >= 4 is 0 Å². The van der Waals surface area contributed by atoms with Crippen molar-refractivity contribution in [2.45, 2.75) is 13.0 Å². The molecule has 0 saturated carbocycles. The average molecular weight is 151 g/mol. The van der Waals surface area contributed by atoms with Crippen molar-refractivity contribution in [3.63, 3.8) is 0 Å². The standard InChI is InChI=1S/C8H13N3/c1-10-6-8(5-9-10)7-11-3-2-4-11/h5-6H,2-4,7H2,1H3. The Hall–Kier alpha value is -0.830. The predicted molar refractivity (Wildman–Crippen MR) is 43.1 cm³/mol. The number of nitrogens with zero attached hydrogens (tertiary/aromatic N) is 3. The molecule has 11 heavy (non-hydrogen) atoms. The Morgan fingerprint density at radius 2 is 2.36 bits per heavy atom. The van der Waals surface area contributed by atoms with Crippen molar-refractivity contribution in [3.05, 3.63) is 18.0 Å². The molecule has 0 bridgehead atoms. The maximum atomic E-state index is 4.12. The zero-order valence-electron chi connectivity index (χ0n) is 6.82. The minimum Gasteiger partial charge on any atom is -0.299 e. The normalized spacial score (nSPS) is 18.3. The lowest BCUT2D eigenvalue weighted by molar-refractivity contribution is 0.172. The number of hydrogen-bond acceptors (Lipinski definition) is 2. The summed E-state index contributed by atoms with van der Waals surface area (Å²) in [7, 11) is 1.96. The Labute approximate surface area is 66.6 Å². The smallest absolute Gasteiger partial charge is 0.0534 e. The van der Waals surface area contributed by atoms with Crippen molar-refractivity contribution in [3.8, 4) is 0 Å². The maximum Gasteiger partial charge on any atom is 0.0534 e. The minimum absolute atomic E-state index is 1.08. The van der Waals surface area contributed by atoms with Crippen LogP contribution >= 0.6 is 0 Å². The molecule has 0 N–H and O–H groups in total. The first-order valence-corrected chi connectivity index (χ1v) is 4.04. The van der Waals surface area contributed by atoms with E-state index in [-0.39, 0.29) is 0 Å². The van der Waals surface area contributed by atoms with Gasteiger partial charge in [-0.25, -0.2) is 0 Å². The summed E-state index contributed by atoms with van der Waals surface area (Å²) in [6, 6.07) is 0. The van der Waals surface area contributed by atoms with Crippen LogP contribution in [-0.2, 0) is 13.6 Å². The molecule has 1 aromatic rings. The van der Waals surface area contributed by atoms with E-state index in [9.17, 15) is 0 Å². The molecular weight excluding hydrogens is 138 g/mol. The molecule has 0 amide bonds. The van der Waals surface area contributed by atoms with Gasteiger partial charge in [0.15, 0.2) is 0 Å². The van der Waals surface area contributed by atoms with Gasteiger partial charge in [0.05, 0.1) is 6.20 Å². The van der Waals surface area contributed by atoms with Gasteiger partial charge in [-0.15, -0.1) is 0 Å².